The molecule has 0 N–H and O–H groups in total. The van der Waals surface area contributed by atoms with Gasteiger partial charge in [0.2, 0.25) is 5.91 Å². The maximum absolute atomic E-state index is 12.7. The lowest BCUT2D eigenvalue weighted by Crippen LogP contribution is -2.43. The van der Waals surface area contributed by atoms with Crippen LogP contribution in [0.3, 0.4) is 0 Å². The van der Waals surface area contributed by atoms with Crippen molar-refractivity contribution in [3.63, 3.8) is 0 Å². The Bertz CT molecular complexity index is 1090. The number of aromatic nitrogens is 2. The summed E-state index contributed by atoms with van der Waals surface area (Å²) in [4.78, 5) is 39.4. The third kappa shape index (κ3) is 3.73. The van der Waals surface area contributed by atoms with Gasteiger partial charge in [-0.05, 0) is 31.2 Å². The number of nitrogens with zero attached hydrogens (tertiary/aromatic N) is 3. The first-order chi connectivity index (χ1) is 13.6. The first-order valence-electron chi connectivity index (χ1n) is 8.87. The van der Waals surface area contributed by atoms with Crippen molar-refractivity contribution < 1.29 is 9.53 Å². The predicted octanol–water partition coefficient (Wildman–Crippen LogP) is 2.06. The van der Waals surface area contributed by atoms with Crippen LogP contribution in [-0.4, -0.2) is 28.7 Å². The van der Waals surface area contributed by atoms with E-state index in [4.69, 9.17) is 4.74 Å². The fourth-order valence-electron chi connectivity index (χ4n) is 2.99. The zero-order valence-electron chi connectivity index (χ0n) is 15.7. The molecular formula is C21H21N3O4. The molecule has 0 spiro atoms. The third-order valence-corrected chi connectivity index (χ3v) is 4.39. The van der Waals surface area contributed by atoms with Crippen LogP contribution in [0.5, 0.6) is 5.75 Å². The standard InChI is InChI=1S/C21H21N3O4/c1-3-23(16-9-5-4-6-10-16)19(25)15-22-13-14-24(21(27)20(22)26)17-11-7-8-12-18(17)28-2/h4-14H,3,15H2,1-2H3. The highest BCUT2D eigenvalue weighted by molar-refractivity contribution is 5.93. The summed E-state index contributed by atoms with van der Waals surface area (Å²) in [5, 5.41) is 0. The summed E-state index contributed by atoms with van der Waals surface area (Å²) in [6.07, 6.45) is 2.90. The Morgan fingerprint density at radius 2 is 1.64 bits per heavy atom. The Morgan fingerprint density at radius 3 is 2.32 bits per heavy atom. The number of ether oxygens (including phenoxy) is 1. The SMILES string of the molecule is CCN(C(=O)Cn1ccn(-c2ccccc2OC)c(=O)c1=O)c1ccccc1. The molecular weight excluding hydrogens is 358 g/mol. The zero-order chi connectivity index (χ0) is 20.1. The molecule has 0 bridgehead atoms. The Balaban J connectivity index is 1.92. The molecule has 1 aromatic heterocycles. The van der Waals surface area contributed by atoms with E-state index in [1.165, 1.54) is 24.1 Å². The minimum atomic E-state index is -0.772. The van der Waals surface area contributed by atoms with Crippen LogP contribution in [-0.2, 0) is 11.3 Å². The van der Waals surface area contributed by atoms with Crippen molar-refractivity contribution in [2.45, 2.75) is 13.5 Å². The lowest BCUT2D eigenvalue weighted by Gasteiger charge is -2.21. The number of hydrogen-bond acceptors (Lipinski definition) is 4. The van der Waals surface area contributed by atoms with Gasteiger partial charge in [0.1, 0.15) is 12.3 Å². The second-order valence-electron chi connectivity index (χ2n) is 6.05. The van der Waals surface area contributed by atoms with Crippen molar-refractivity contribution >= 4 is 11.6 Å². The fourth-order valence-corrected chi connectivity index (χ4v) is 2.99. The zero-order valence-corrected chi connectivity index (χ0v) is 15.7. The summed E-state index contributed by atoms with van der Waals surface area (Å²) < 4.78 is 7.60. The van der Waals surface area contributed by atoms with E-state index >= 15 is 0 Å². The maximum atomic E-state index is 12.7. The van der Waals surface area contributed by atoms with Gasteiger partial charge >= 0.3 is 11.1 Å². The summed E-state index contributed by atoms with van der Waals surface area (Å²) in [6, 6.07) is 16.1. The van der Waals surface area contributed by atoms with Crippen molar-refractivity contribution in [3.05, 3.63) is 87.7 Å². The van der Waals surface area contributed by atoms with Crippen LogP contribution in [0, 0.1) is 0 Å². The first kappa shape index (κ1) is 19.2. The highest BCUT2D eigenvalue weighted by Crippen LogP contribution is 2.20. The van der Waals surface area contributed by atoms with E-state index in [2.05, 4.69) is 0 Å². The van der Waals surface area contributed by atoms with Gasteiger partial charge in [-0.1, -0.05) is 30.3 Å². The normalized spacial score (nSPS) is 10.5. The number of likely N-dealkylation sites (N-methyl/N-ethyl adjacent to an activating group) is 1. The number of anilines is 1. The number of methoxy groups -OCH3 is 1. The van der Waals surface area contributed by atoms with Gasteiger partial charge in [0.15, 0.2) is 0 Å². The lowest BCUT2D eigenvalue weighted by molar-refractivity contribution is -0.119. The third-order valence-electron chi connectivity index (χ3n) is 4.39. The molecule has 0 atom stereocenters. The largest absolute Gasteiger partial charge is 0.495 e. The molecule has 7 nitrogen and oxygen atoms in total. The van der Waals surface area contributed by atoms with Gasteiger partial charge < -0.3 is 9.64 Å². The van der Waals surface area contributed by atoms with Crippen molar-refractivity contribution in [1.82, 2.24) is 9.13 Å². The topological polar surface area (TPSA) is 73.5 Å². The van der Waals surface area contributed by atoms with E-state index in [0.29, 0.717) is 18.0 Å². The van der Waals surface area contributed by atoms with Crippen molar-refractivity contribution in [1.29, 1.82) is 0 Å². The molecule has 0 aliphatic rings. The highest BCUT2D eigenvalue weighted by Gasteiger charge is 2.17. The van der Waals surface area contributed by atoms with Gasteiger partial charge in [0.05, 0.1) is 12.8 Å². The number of amides is 1. The number of benzene rings is 2. The number of carbonyl (C=O) groups is 1. The summed E-state index contributed by atoms with van der Waals surface area (Å²) in [5.41, 5.74) is -0.316. The summed E-state index contributed by atoms with van der Waals surface area (Å²) in [6.45, 7) is 2.09. The molecule has 0 saturated carbocycles. The number of para-hydroxylation sites is 3. The molecule has 28 heavy (non-hydrogen) atoms. The molecule has 0 radical (unpaired) electrons. The molecule has 3 rings (SSSR count). The molecule has 0 fully saturated rings. The highest BCUT2D eigenvalue weighted by atomic mass is 16.5. The average Bonchev–Trinajstić information content (AvgIpc) is 2.73. The van der Waals surface area contributed by atoms with Gasteiger partial charge in [-0.3, -0.25) is 23.5 Å². The fraction of sp³-hybridized carbons (Fsp3) is 0.190. The van der Waals surface area contributed by atoms with Crippen molar-refractivity contribution in [3.8, 4) is 11.4 Å². The van der Waals surface area contributed by atoms with Crippen molar-refractivity contribution in [2.75, 3.05) is 18.6 Å². The molecule has 1 heterocycles. The minimum absolute atomic E-state index is 0.219. The monoisotopic (exact) mass is 379 g/mol. The average molecular weight is 379 g/mol. The van der Waals surface area contributed by atoms with Crippen LogP contribution in [0.1, 0.15) is 6.92 Å². The van der Waals surface area contributed by atoms with E-state index < -0.39 is 11.1 Å². The quantitative estimate of drug-likeness (QED) is 0.615. The van der Waals surface area contributed by atoms with Gasteiger partial charge in [0, 0.05) is 24.6 Å². The van der Waals surface area contributed by atoms with Gasteiger partial charge in [-0.25, -0.2) is 0 Å². The molecule has 0 unspecified atom stereocenters. The Kier molecular flexibility index (Phi) is 5.74. The van der Waals surface area contributed by atoms with Gasteiger partial charge in [-0.15, -0.1) is 0 Å². The van der Waals surface area contributed by atoms with E-state index in [0.717, 1.165) is 10.3 Å². The second-order valence-corrected chi connectivity index (χ2v) is 6.05. The van der Waals surface area contributed by atoms with Crippen LogP contribution >= 0.6 is 0 Å². The number of carbonyl (C=O) groups excluding carboxylic acids is 1. The van der Waals surface area contributed by atoms with Crippen LogP contribution in [0.4, 0.5) is 5.69 Å². The van der Waals surface area contributed by atoms with E-state index in [1.54, 1.807) is 29.2 Å². The van der Waals surface area contributed by atoms with Gasteiger partial charge in [0.25, 0.3) is 0 Å². The predicted molar refractivity (Wildman–Crippen MR) is 107 cm³/mol. The molecule has 1 amide bonds. The van der Waals surface area contributed by atoms with Crippen LogP contribution < -0.4 is 20.8 Å². The van der Waals surface area contributed by atoms with Crippen molar-refractivity contribution in [2.24, 2.45) is 0 Å². The molecule has 144 valence electrons. The Hall–Kier alpha value is -3.61. The van der Waals surface area contributed by atoms with Gasteiger partial charge in [-0.2, -0.15) is 0 Å². The van der Waals surface area contributed by atoms with E-state index in [-0.39, 0.29) is 12.5 Å². The second kappa shape index (κ2) is 8.39. The maximum Gasteiger partial charge on any atom is 0.321 e. The summed E-state index contributed by atoms with van der Waals surface area (Å²) >= 11 is 0. The Labute approximate surface area is 162 Å². The van der Waals surface area contributed by atoms with E-state index in [1.807, 2.05) is 37.3 Å². The summed E-state index contributed by atoms with van der Waals surface area (Å²) in [5.74, 6) is 0.198. The molecule has 0 aliphatic heterocycles. The molecule has 2 aromatic carbocycles. The smallest absolute Gasteiger partial charge is 0.321 e. The van der Waals surface area contributed by atoms with E-state index in [9.17, 15) is 14.4 Å². The first-order valence-corrected chi connectivity index (χ1v) is 8.87. The molecule has 0 aliphatic carbocycles. The van der Waals surface area contributed by atoms with Crippen LogP contribution in [0.25, 0.3) is 5.69 Å². The minimum Gasteiger partial charge on any atom is -0.495 e. The lowest BCUT2D eigenvalue weighted by atomic mass is 10.2. The van der Waals surface area contributed by atoms with Crippen LogP contribution in [0.2, 0.25) is 0 Å². The molecule has 0 saturated heterocycles. The summed E-state index contributed by atoms with van der Waals surface area (Å²) in [7, 11) is 1.49. The number of hydrogen-bond donors (Lipinski definition) is 0. The number of rotatable bonds is 6. The Morgan fingerprint density at radius 1 is 0.964 bits per heavy atom. The van der Waals surface area contributed by atoms with Crippen LogP contribution in [0.15, 0.2) is 76.6 Å². The molecule has 7 heteroatoms. The molecule has 3 aromatic rings.